The molecule has 0 atom stereocenters. The standard InChI is InChI=1S/C21H27N3O5/c1-8-28-17(25)14-12-15(29-23-14)13-10-9-11-22-16(13)24(18(26)20(2,3)4)19(27)21(5,6)7/h9-12H,8H2,1-7H3. The molecule has 8 nitrogen and oxygen atoms in total. The van der Waals surface area contributed by atoms with E-state index in [0.29, 0.717) is 5.56 Å². The van der Waals surface area contributed by atoms with Crippen LogP contribution in [0.4, 0.5) is 5.82 Å². The average molecular weight is 401 g/mol. The van der Waals surface area contributed by atoms with E-state index >= 15 is 0 Å². The molecule has 0 aromatic carbocycles. The van der Waals surface area contributed by atoms with Crippen LogP contribution in [0.1, 0.15) is 59.0 Å². The van der Waals surface area contributed by atoms with Crippen LogP contribution in [0.25, 0.3) is 11.3 Å². The zero-order valence-electron chi connectivity index (χ0n) is 17.9. The number of carbonyl (C=O) groups excluding carboxylic acids is 3. The lowest BCUT2D eigenvalue weighted by Gasteiger charge is -2.32. The molecule has 0 saturated carbocycles. The van der Waals surface area contributed by atoms with E-state index in [9.17, 15) is 14.4 Å². The van der Waals surface area contributed by atoms with Gasteiger partial charge in [-0.05, 0) is 19.1 Å². The maximum atomic E-state index is 13.2. The quantitative estimate of drug-likeness (QED) is 0.717. The van der Waals surface area contributed by atoms with Gasteiger partial charge in [-0.15, -0.1) is 0 Å². The van der Waals surface area contributed by atoms with Crippen LogP contribution >= 0.6 is 0 Å². The fourth-order valence-electron chi connectivity index (χ4n) is 2.43. The van der Waals surface area contributed by atoms with Gasteiger partial charge in [0, 0.05) is 23.1 Å². The molecule has 0 aliphatic rings. The van der Waals surface area contributed by atoms with Crippen LogP contribution in [0, 0.1) is 10.8 Å². The highest BCUT2D eigenvalue weighted by atomic mass is 16.5. The van der Waals surface area contributed by atoms with E-state index in [0.717, 1.165) is 4.90 Å². The zero-order chi connectivity index (χ0) is 22.0. The predicted octanol–water partition coefficient (Wildman–Crippen LogP) is 3.87. The van der Waals surface area contributed by atoms with E-state index in [2.05, 4.69) is 10.1 Å². The first-order valence-electron chi connectivity index (χ1n) is 9.36. The van der Waals surface area contributed by atoms with Gasteiger partial charge in [-0.1, -0.05) is 46.7 Å². The third-order valence-corrected chi connectivity index (χ3v) is 3.95. The summed E-state index contributed by atoms with van der Waals surface area (Å²) in [7, 11) is 0. The van der Waals surface area contributed by atoms with Crippen molar-refractivity contribution >= 4 is 23.6 Å². The van der Waals surface area contributed by atoms with Crippen molar-refractivity contribution in [3.8, 4) is 11.3 Å². The second kappa shape index (κ2) is 8.14. The van der Waals surface area contributed by atoms with Crippen LogP contribution in [0.3, 0.4) is 0 Å². The van der Waals surface area contributed by atoms with E-state index < -0.39 is 28.6 Å². The SMILES string of the molecule is CCOC(=O)c1cc(-c2cccnc2N(C(=O)C(C)(C)C)C(=O)C(C)(C)C)on1. The van der Waals surface area contributed by atoms with Crippen LogP contribution in [-0.4, -0.2) is 34.5 Å². The van der Waals surface area contributed by atoms with Gasteiger partial charge < -0.3 is 9.26 Å². The monoisotopic (exact) mass is 401 g/mol. The van der Waals surface area contributed by atoms with Crippen molar-refractivity contribution in [2.45, 2.75) is 48.5 Å². The summed E-state index contributed by atoms with van der Waals surface area (Å²) in [5.41, 5.74) is -1.29. The number of esters is 1. The van der Waals surface area contributed by atoms with Gasteiger partial charge in [0.1, 0.15) is 0 Å². The molecule has 2 rings (SSSR count). The number of hydrogen-bond donors (Lipinski definition) is 0. The highest BCUT2D eigenvalue weighted by Gasteiger charge is 2.39. The number of amides is 2. The number of aromatic nitrogens is 2. The van der Waals surface area contributed by atoms with Crippen LogP contribution in [0.5, 0.6) is 0 Å². The first-order valence-corrected chi connectivity index (χ1v) is 9.36. The summed E-state index contributed by atoms with van der Waals surface area (Å²) < 4.78 is 10.2. The number of rotatable bonds is 4. The second-order valence-electron chi connectivity index (χ2n) is 8.62. The minimum Gasteiger partial charge on any atom is -0.461 e. The smallest absolute Gasteiger partial charge is 0.360 e. The topological polar surface area (TPSA) is 103 Å². The molecule has 0 radical (unpaired) electrons. The molecule has 2 heterocycles. The number of imide groups is 1. The van der Waals surface area contributed by atoms with E-state index in [1.165, 1.54) is 12.3 Å². The van der Waals surface area contributed by atoms with Crippen molar-refractivity contribution in [2.75, 3.05) is 11.5 Å². The van der Waals surface area contributed by atoms with E-state index in [-0.39, 0.29) is 23.9 Å². The molecule has 29 heavy (non-hydrogen) atoms. The summed E-state index contributed by atoms with van der Waals surface area (Å²) in [5, 5.41) is 3.73. The van der Waals surface area contributed by atoms with Crippen molar-refractivity contribution in [3.63, 3.8) is 0 Å². The van der Waals surface area contributed by atoms with Crippen LogP contribution in [0.15, 0.2) is 28.9 Å². The minimum absolute atomic E-state index is 0.00695. The van der Waals surface area contributed by atoms with Crippen LogP contribution in [0.2, 0.25) is 0 Å². The lowest BCUT2D eigenvalue weighted by atomic mass is 9.90. The van der Waals surface area contributed by atoms with Crippen molar-refractivity contribution in [1.29, 1.82) is 0 Å². The molecule has 0 unspecified atom stereocenters. The summed E-state index contributed by atoms with van der Waals surface area (Å²) in [4.78, 5) is 43.6. The van der Waals surface area contributed by atoms with Gasteiger partial charge in [0.25, 0.3) is 0 Å². The largest absolute Gasteiger partial charge is 0.461 e. The van der Waals surface area contributed by atoms with Crippen molar-refractivity contribution in [3.05, 3.63) is 30.1 Å². The molecule has 8 heteroatoms. The number of carbonyl (C=O) groups is 3. The highest BCUT2D eigenvalue weighted by Crippen LogP contribution is 2.34. The molecule has 0 saturated heterocycles. The predicted molar refractivity (Wildman–Crippen MR) is 107 cm³/mol. The second-order valence-corrected chi connectivity index (χ2v) is 8.62. The van der Waals surface area contributed by atoms with E-state index in [4.69, 9.17) is 9.26 Å². The normalized spacial score (nSPS) is 11.8. The number of nitrogens with zero attached hydrogens (tertiary/aromatic N) is 3. The highest BCUT2D eigenvalue weighted by molar-refractivity contribution is 6.18. The molecule has 0 N–H and O–H groups in total. The zero-order valence-corrected chi connectivity index (χ0v) is 17.9. The summed E-state index contributed by atoms with van der Waals surface area (Å²) in [6, 6.07) is 4.70. The van der Waals surface area contributed by atoms with Crippen molar-refractivity contribution < 1.29 is 23.6 Å². The van der Waals surface area contributed by atoms with Gasteiger partial charge in [0.05, 0.1) is 12.2 Å². The molecule has 156 valence electrons. The summed E-state index contributed by atoms with van der Waals surface area (Å²) in [6.07, 6.45) is 1.49. The van der Waals surface area contributed by atoms with Crippen LogP contribution < -0.4 is 4.90 Å². The van der Waals surface area contributed by atoms with Gasteiger partial charge in [-0.3, -0.25) is 9.59 Å². The summed E-state index contributed by atoms with van der Waals surface area (Å²) >= 11 is 0. The minimum atomic E-state index is -0.826. The average Bonchev–Trinajstić information content (AvgIpc) is 3.11. The number of pyridine rings is 1. The molecule has 2 amide bonds. The van der Waals surface area contributed by atoms with Crippen molar-refractivity contribution in [1.82, 2.24) is 10.1 Å². The molecule has 2 aromatic heterocycles. The van der Waals surface area contributed by atoms with Crippen LogP contribution in [-0.2, 0) is 14.3 Å². The molecule has 0 aliphatic carbocycles. The molecule has 0 bridgehead atoms. The van der Waals surface area contributed by atoms with Gasteiger partial charge in [0.15, 0.2) is 17.3 Å². The molecule has 2 aromatic rings. The number of ether oxygens (including phenoxy) is 1. The lowest BCUT2D eigenvalue weighted by Crippen LogP contribution is -2.49. The molecule has 0 fully saturated rings. The fourth-order valence-corrected chi connectivity index (χ4v) is 2.43. The Labute approximate surface area is 170 Å². The van der Waals surface area contributed by atoms with Gasteiger partial charge in [-0.2, -0.15) is 0 Å². The Morgan fingerprint density at radius 2 is 1.66 bits per heavy atom. The Balaban J connectivity index is 2.62. The maximum Gasteiger partial charge on any atom is 0.360 e. The van der Waals surface area contributed by atoms with E-state index in [1.807, 2.05) is 0 Å². The summed E-state index contributed by atoms with van der Waals surface area (Å²) in [6.45, 7) is 12.3. The van der Waals surface area contributed by atoms with Crippen molar-refractivity contribution in [2.24, 2.45) is 10.8 Å². The number of hydrogen-bond acceptors (Lipinski definition) is 7. The van der Waals surface area contributed by atoms with Gasteiger partial charge in [0.2, 0.25) is 11.8 Å². The molecule has 0 spiro atoms. The third kappa shape index (κ3) is 4.88. The maximum absolute atomic E-state index is 13.2. The number of anilines is 1. The lowest BCUT2D eigenvalue weighted by molar-refractivity contribution is -0.134. The summed E-state index contributed by atoms with van der Waals surface area (Å²) in [5.74, 6) is -1.10. The Hall–Kier alpha value is -3.03. The third-order valence-electron chi connectivity index (χ3n) is 3.95. The first-order chi connectivity index (χ1) is 13.4. The Morgan fingerprint density at radius 3 is 2.17 bits per heavy atom. The fraction of sp³-hybridized carbons (Fsp3) is 0.476. The molecule has 0 aliphatic heterocycles. The Morgan fingerprint density at radius 1 is 1.07 bits per heavy atom. The van der Waals surface area contributed by atoms with Gasteiger partial charge in [-0.25, -0.2) is 14.7 Å². The Bertz CT molecular complexity index is 893. The Kier molecular flexibility index (Phi) is 6.25. The van der Waals surface area contributed by atoms with Gasteiger partial charge >= 0.3 is 5.97 Å². The first kappa shape index (κ1) is 22.3. The molecular weight excluding hydrogens is 374 g/mol. The van der Waals surface area contributed by atoms with E-state index in [1.54, 1.807) is 60.6 Å². The molecular formula is C21H27N3O5.